The van der Waals surface area contributed by atoms with Crippen LogP contribution < -0.4 is 11.1 Å². The second-order valence-corrected chi connectivity index (χ2v) is 3.75. The van der Waals surface area contributed by atoms with Crippen LogP contribution in [0.25, 0.3) is 0 Å². The number of esters is 1. The Bertz CT molecular complexity index is 217. The predicted octanol–water partition coefficient (Wildman–Crippen LogP) is 1.02. The fourth-order valence-corrected chi connectivity index (χ4v) is 1.06. The van der Waals surface area contributed by atoms with Crippen LogP contribution in [0.5, 0.6) is 0 Å². The largest absolute Gasteiger partial charge is 0.464 e. The maximum Gasteiger partial charge on any atom is 0.328 e. The van der Waals surface area contributed by atoms with Gasteiger partial charge in [0.15, 0.2) is 0 Å². The molecule has 0 aromatic rings. The van der Waals surface area contributed by atoms with E-state index in [1.54, 1.807) is 0 Å². The topological polar surface area (TPSA) is 81.4 Å². The van der Waals surface area contributed by atoms with Crippen molar-refractivity contribution in [2.24, 2.45) is 11.7 Å². The van der Waals surface area contributed by atoms with Crippen LogP contribution in [0.3, 0.4) is 0 Å². The van der Waals surface area contributed by atoms with E-state index in [0.717, 1.165) is 12.8 Å². The summed E-state index contributed by atoms with van der Waals surface area (Å²) in [4.78, 5) is 22.2. The van der Waals surface area contributed by atoms with Gasteiger partial charge in [-0.2, -0.15) is 0 Å². The second kappa shape index (κ2) is 7.09. The number of carbonyl (C=O) groups is 2. The molecule has 0 bridgehead atoms. The van der Waals surface area contributed by atoms with Crippen LogP contribution in [0, 0.1) is 5.92 Å². The second-order valence-electron chi connectivity index (χ2n) is 3.75. The van der Waals surface area contributed by atoms with E-state index >= 15 is 0 Å². The van der Waals surface area contributed by atoms with E-state index in [4.69, 9.17) is 10.5 Å². The Kier molecular flexibility index (Phi) is 6.49. The Morgan fingerprint density at radius 2 is 2.00 bits per heavy atom. The normalized spacial score (nSPS) is 12.3. The van der Waals surface area contributed by atoms with Crippen molar-refractivity contribution in [1.29, 1.82) is 0 Å². The molecule has 1 atom stereocenters. The highest BCUT2D eigenvalue weighted by Gasteiger charge is 2.24. The molecular weight excluding hydrogens is 196 g/mol. The van der Waals surface area contributed by atoms with Crippen molar-refractivity contribution in [2.75, 3.05) is 6.61 Å². The van der Waals surface area contributed by atoms with E-state index in [1.165, 1.54) is 0 Å². The average Bonchev–Trinajstić information content (AvgIpc) is 2.13. The monoisotopic (exact) mass is 216 g/mol. The maximum absolute atomic E-state index is 11.5. The summed E-state index contributed by atoms with van der Waals surface area (Å²) in [5.41, 5.74) is 4.97. The van der Waals surface area contributed by atoms with Crippen LogP contribution in [0.2, 0.25) is 0 Å². The number of nitrogens with two attached hydrogens (primary N) is 1. The van der Waals surface area contributed by atoms with Crippen LogP contribution in [0.4, 0.5) is 4.79 Å². The van der Waals surface area contributed by atoms with Gasteiger partial charge in [-0.3, -0.25) is 0 Å². The van der Waals surface area contributed by atoms with Crippen molar-refractivity contribution >= 4 is 12.0 Å². The van der Waals surface area contributed by atoms with Crippen molar-refractivity contribution in [1.82, 2.24) is 5.32 Å². The molecular formula is C10H20N2O3. The molecule has 0 aliphatic rings. The fraction of sp³-hybridized carbons (Fsp3) is 0.800. The van der Waals surface area contributed by atoms with Gasteiger partial charge < -0.3 is 15.8 Å². The molecule has 3 N–H and O–H groups in total. The predicted molar refractivity (Wildman–Crippen MR) is 57.2 cm³/mol. The first-order chi connectivity index (χ1) is 6.99. The third kappa shape index (κ3) is 5.93. The van der Waals surface area contributed by atoms with Crippen molar-refractivity contribution in [3.63, 3.8) is 0 Å². The first-order valence-corrected chi connectivity index (χ1v) is 5.21. The van der Waals surface area contributed by atoms with Gasteiger partial charge >= 0.3 is 12.0 Å². The molecule has 5 nitrogen and oxygen atoms in total. The van der Waals surface area contributed by atoms with Crippen molar-refractivity contribution in [3.8, 4) is 0 Å². The molecule has 0 aromatic heterocycles. The lowest BCUT2D eigenvalue weighted by Gasteiger charge is -2.19. The zero-order valence-electron chi connectivity index (χ0n) is 9.58. The molecule has 0 rings (SSSR count). The number of nitrogens with one attached hydrogen (secondary N) is 1. The molecule has 2 amide bonds. The fourth-order valence-electron chi connectivity index (χ4n) is 1.06. The Labute approximate surface area is 90.4 Å². The van der Waals surface area contributed by atoms with Crippen LogP contribution >= 0.6 is 0 Å². The lowest BCUT2D eigenvalue weighted by atomic mass is 10.1. The molecule has 0 spiro atoms. The molecule has 0 saturated carbocycles. The Morgan fingerprint density at radius 3 is 2.40 bits per heavy atom. The number of urea groups is 1. The van der Waals surface area contributed by atoms with E-state index < -0.39 is 18.0 Å². The molecule has 0 radical (unpaired) electrons. The number of unbranched alkanes of at least 4 members (excludes halogenated alkanes) is 1. The van der Waals surface area contributed by atoms with Gasteiger partial charge in [-0.15, -0.1) is 0 Å². The van der Waals surface area contributed by atoms with Gasteiger partial charge in [0.2, 0.25) is 0 Å². The number of carbonyl (C=O) groups excluding carboxylic acids is 2. The lowest BCUT2D eigenvalue weighted by Crippen LogP contribution is -2.47. The van der Waals surface area contributed by atoms with E-state index in [1.807, 2.05) is 20.8 Å². The molecule has 0 aliphatic carbocycles. The standard InChI is InChI=1S/C10H20N2O3/c1-4-5-6-15-9(13)8(7(2)3)12-10(11)14/h7-8H,4-6H2,1-3H3,(H3,11,12,14). The van der Waals surface area contributed by atoms with Crippen LogP contribution in [-0.4, -0.2) is 24.6 Å². The summed E-state index contributed by atoms with van der Waals surface area (Å²) in [6, 6.07) is -1.36. The molecule has 0 fully saturated rings. The number of primary amides is 1. The van der Waals surface area contributed by atoms with Gasteiger partial charge in [-0.25, -0.2) is 9.59 Å². The lowest BCUT2D eigenvalue weighted by molar-refractivity contribution is -0.147. The number of amides is 2. The third-order valence-electron chi connectivity index (χ3n) is 1.96. The van der Waals surface area contributed by atoms with E-state index in [-0.39, 0.29) is 5.92 Å². The van der Waals surface area contributed by atoms with Crippen molar-refractivity contribution in [2.45, 2.75) is 39.7 Å². The highest BCUT2D eigenvalue weighted by molar-refractivity contribution is 5.82. The van der Waals surface area contributed by atoms with Crippen molar-refractivity contribution < 1.29 is 14.3 Å². The van der Waals surface area contributed by atoms with E-state index in [2.05, 4.69) is 5.32 Å². The molecule has 1 unspecified atom stereocenters. The van der Waals surface area contributed by atoms with E-state index in [0.29, 0.717) is 6.61 Å². The van der Waals surface area contributed by atoms with Crippen LogP contribution in [-0.2, 0) is 9.53 Å². The highest BCUT2D eigenvalue weighted by Crippen LogP contribution is 2.04. The Hall–Kier alpha value is -1.26. The summed E-state index contributed by atoms with van der Waals surface area (Å²) in [6.07, 6.45) is 1.79. The molecule has 0 heterocycles. The first-order valence-electron chi connectivity index (χ1n) is 5.21. The first kappa shape index (κ1) is 13.7. The minimum absolute atomic E-state index is 0.0355. The summed E-state index contributed by atoms with van der Waals surface area (Å²) in [6.45, 7) is 6.04. The molecule has 5 heteroatoms. The summed E-state index contributed by atoms with van der Waals surface area (Å²) >= 11 is 0. The summed E-state index contributed by atoms with van der Waals surface area (Å²) in [7, 11) is 0. The van der Waals surface area contributed by atoms with Gasteiger partial charge in [0.25, 0.3) is 0 Å². The summed E-state index contributed by atoms with van der Waals surface area (Å²) in [5.74, 6) is -0.455. The Balaban J connectivity index is 4.11. The summed E-state index contributed by atoms with van der Waals surface area (Å²) in [5, 5.41) is 2.37. The molecule has 88 valence electrons. The minimum atomic E-state index is -0.707. The molecule has 0 saturated heterocycles. The minimum Gasteiger partial charge on any atom is -0.464 e. The zero-order chi connectivity index (χ0) is 11.8. The quantitative estimate of drug-likeness (QED) is 0.514. The number of rotatable bonds is 6. The average molecular weight is 216 g/mol. The van der Waals surface area contributed by atoms with Gasteiger partial charge in [-0.05, 0) is 12.3 Å². The maximum atomic E-state index is 11.5. The smallest absolute Gasteiger partial charge is 0.328 e. The van der Waals surface area contributed by atoms with Crippen molar-refractivity contribution in [3.05, 3.63) is 0 Å². The number of ether oxygens (including phenoxy) is 1. The van der Waals surface area contributed by atoms with Gasteiger partial charge in [0.05, 0.1) is 6.61 Å². The number of hydrogen-bond acceptors (Lipinski definition) is 3. The molecule has 0 aliphatic heterocycles. The Morgan fingerprint density at radius 1 is 1.40 bits per heavy atom. The van der Waals surface area contributed by atoms with Gasteiger partial charge in [-0.1, -0.05) is 27.2 Å². The van der Waals surface area contributed by atoms with Gasteiger partial charge in [0, 0.05) is 0 Å². The van der Waals surface area contributed by atoms with Crippen LogP contribution in [0.15, 0.2) is 0 Å². The zero-order valence-corrected chi connectivity index (χ0v) is 9.58. The highest BCUT2D eigenvalue weighted by atomic mass is 16.5. The van der Waals surface area contributed by atoms with Gasteiger partial charge in [0.1, 0.15) is 6.04 Å². The van der Waals surface area contributed by atoms with E-state index in [9.17, 15) is 9.59 Å². The number of hydrogen-bond donors (Lipinski definition) is 2. The third-order valence-corrected chi connectivity index (χ3v) is 1.96. The SMILES string of the molecule is CCCCOC(=O)C(NC(N)=O)C(C)C. The van der Waals surface area contributed by atoms with Crippen LogP contribution in [0.1, 0.15) is 33.6 Å². The molecule has 0 aromatic carbocycles. The molecule has 15 heavy (non-hydrogen) atoms. The summed E-state index contributed by atoms with van der Waals surface area (Å²) < 4.78 is 5.00.